The molecule has 0 aliphatic heterocycles. The van der Waals surface area contributed by atoms with Crippen LogP contribution in [-0.4, -0.2) is 25.8 Å². The van der Waals surface area contributed by atoms with Gasteiger partial charge in [-0.25, -0.2) is 0 Å². The van der Waals surface area contributed by atoms with E-state index in [1.807, 2.05) is 43.3 Å². The lowest BCUT2D eigenvalue weighted by Gasteiger charge is -2.13. The van der Waals surface area contributed by atoms with Crippen molar-refractivity contribution in [3.05, 3.63) is 29.8 Å². The van der Waals surface area contributed by atoms with Crippen LogP contribution in [0.4, 0.5) is 5.69 Å². The molecule has 0 saturated carbocycles. The van der Waals surface area contributed by atoms with E-state index >= 15 is 0 Å². The first-order chi connectivity index (χ1) is 6.25. The lowest BCUT2D eigenvalue weighted by atomic mass is 10.1. The Balaban J connectivity index is 3.05. The van der Waals surface area contributed by atoms with Gasteiger partial charge in [0.15, 0.2) is 0 Å². The van der Waals surface area contributed by atoms with Gasteiger partial charge in [-0.05, 0) is 12.1 Å². The monoisotopic (exact) mass is 175 g/mol. The van der Waals surface area contributed by atoms with Gasteiger partial charge < -0.3 is 10.0 Å². The van der Waals surface area contributed by atoms with Crippen molar-refractivity contribution in [2.75, 3.05) is 25.6 Å². The zero-order chi connectivity index (χ0) is 9.68. The average molecular weight is 175 g/mol. The summed E-state index contributed by atoms with van der Waals surface area (Å²) in [7, 11) is 3.94. The lowest BCUT2D eigenvalue weighted by Crippen LogP contribution is -2.10. The van der Waals surface area contributed by atoms with Crippen molar-refractivity contribution in [1.29, 1.82) is 0 Å². The summed E-state index contributed by atoms with van der Waals surface area (Å²) in [6.07, 6.45) is 0. The zero-order valence-corrected chi connectivity index (χ0v) is 7.91. The minimum atomic E-state index is -0.0955. The fourth-order valence-electron chi connectivity index (χ4n) is 1.10. The highest BCUT2D eigenvalue weighted by Gasteiger charge is 1.98. The van der Waals surface area contributed by atoms with Crippen LogP contribution >= 0.6 is 0 Å². The molecule has 1 N–H and O–H groups in total. The van der Waals surface area contributed by atoms with Crippen LogP contribution in [0.3, 0.4) is 0 Å². The molecule has 0 aliphatic carbocycles. The summed E-state index contributed by atoms with van der Waals surface area (Å²) >= 11 is 0. The molecule has 0 amide bonds. The molecule has 0 heterocycles. The van der Waals surface area contributed by atoms with Crippen LogP contribution in [0.15, 0.2) is 24.3 Å². The normalized spacial score (nSPS) is 8.85. The Morgan fingerprint density at radius 3 is 2.62 bits per heavy atom. The highest BCUT2D eigenvalue weighted by atomic mass is 16.2. The molecule has 0 bridgehead atoms. The summed E-state index contributed by atoms with van der Waals surface area (Å²) < 4.78 is 0. The Morgan fingerprint density at radius 1 is 1.31 bits per heavy atom. The molecule has 0 radical (unpaired) electrons. The van der Waals surface area contributed by atoms with E-state index in [2.05, 4.69) is 11.8 Å². The van der Waals surface area contributed by atoms with Crippen molar-refractivity contribution in [3.63, 3.8) is 0 Å². The van der Waals surface area contributed by atoms with E-state index in [4.69, 9.17) is 5.11 Å². The zero-order valence-electron chi connectivity index (χ0n) is 7.91. The maximum Gasteiger partial charge on any atom is 0.104 e. The summed E-state index contributed by atoms with van der Waals surface area (Å²) in [5.41, 5.74) is 2.02. The van der Waals surface area contributed by atoms with Crippen molar-refractivity contribution in [3.8, 4) is 11.8 Å². The Morgan fingerprint density at radius 2 is 2.00 bits per heavy atom. The molecule has 68 valence electrons. The summed E-state index contributed by atoms with van der Waals surface area (Å²) in [5.74, 6) is 5.54. The average Bonchev–Trinajstić information content (AvgIpc) is 2.15. The second kappa shape index (κ2) is 4.54. The van der Waals surface area contributed by atoms with Gasteiger partial charge in [-0.15, -0.1) is 0 Å². The molecule has 1 aromatic rings. The molecule has 2 heteroatoms. The summed E-state index contributed by atoms with van der Waals surface area (Å²) in [5, 5.41) is 8.57. The second-order valence-electron chi connectivity index (χ2n) is 2.87. The molecule has 2 nitrogen and oxygen atoms in total. The minimum Gasteiger partial charge on any atom is -0.384 e. The van der Waals surface area contributed by atoms with Crippen LogP contribution < -0.4 is 4.90 Å². The fraction of sp³-hybridized carbons (Fsp3) is 0.273. The third kappa shape index (κ3) is 2.50. The van der Waals surface area contributed by atoms with Gasteiger partial charge in [0.05, 0.1) is 5.69 Å². The Hall–Kier alpha value is -1.46. The van der Waals surface area contributed by atoms with E-state index in [-0.39, 0.29) is 6.61 Å². The standard InChI is InChI=1S/C11H13NO/c1-12(2)11-8-4-3-6-10(11)7-5-9-13/h3-4,6,8,13H,9H2,1-2H3. The SMILES string of the molecule is CN(C)c1ccccc1C#CCO. The molecule has 0 fully saturated rings. The number of anilines is 1. The number of hydrogen-bond acceptors (Lipinski definition) is 2. The molecular weight excluding hydrogens is 162 g/mol. The molecule has 0 aliphatic rings. The molecule has 0 atom stereocenters. The van der Waals surface area contributed by atoms with Gasteiger partial charge in [-0.1, -0.05) is 24.0 Å². The van der Waals surface area contributed by atoms with Crippen molar-refractivity contribution < 1.29 is 5.11 Å². The molecule has 0 unspecified atom stereocenters. The summed E-state index contributed by atoms with van der Waals surface area (Å²) in [4.78, 5) is 2.00. The van der Waals surface area contributed by atoms with Crippen LogP contribution in [0.1, 0.15) is 5.56 Å². The molecule has 0 saturated heterocycles. The number of aliphatic hydroxyl groups is 1. The quantitative estimate of drug-likeness (QED) is 0.646. The first-order valence-electron chi connectivity index (χ1n) is 4.12. The lowest BCUT2D eigenvalue weighted by molar-refractivity contribution is 0.350. The van der Waals surface area contributed by atoms with Gasteiger partial charge in [-0.3, -0.25) is 0 Å². The van der Waals surface area contributed by atoms with E-state index < -0.39 is 0 Å². The Labute approximate surface area is 78.8 Å². The predicted octanol–water partition coefficient (Wildman–Crippen LogP) is 1.10. The number of rotatable bonds is 1. The number of hydrogen-bond donors (Lipinski definition) is 1. The van der Waals surface area contributed by atoms with E-state index in [0.29, 0.717) is 0 Å². The van der Waals surface area contributed by atoms with Crippen LogP contribution in [-0.2, 0) is 0 Å². The largest absolute Gasteiger partial charge is 0.384 e. The van der Waals surface area contributed by atoms with Gasteiger partial charge >= 0.3 is 0 Å². The first-order valence-corrected chi connectivity index (χ1v) is 4.12. The Kier molecular flexibility index (Phi) is 3.36. The highest BCUT2D eigenvalue weighted by Crippen LogP contribution is 2.15. The molecular formula is C11H13NO. The molecule has 1 aromatic carbocycles. The third-order valence-electron chi connectivity index (χ3n) is 1.69. The predicted molar refractivity (Wildman–Crippen MR) is 54.7 cm³/mol. The van der Waals surface area contributed by atoms with Gasteiger partial charge in [0, 0.05) is 19.7 Å². The van der Waals surface area contributed by atoms with E-state index in [0.717, 1.165) is 11.3 Å². The van der Waals surface area contributed by atoms with Crippen LogP contribution in [0.25, 0.3) is 0 Å². The van der Waals surface area contributed by atoms with Crippen LogP contribution in [0.2, 0.25) is 0 Å². The molecule has 0 aromatic heterocycles. The summed E-state index contributed by atoms with van der Waals surface area (Å²) in [6.45, 7) is -0.0955. The van der Waals surface area contributed by atoms with Gasteiger partial charge in [0.2, 0.25) is 0 Å². The fourth-order valence-corrected chi connectivity index (χ4v) is 1.10. The van der Waals surface area contributed by atoms with E-state index in [1.54, 1.807) is 0 Å². The van der Waals surface area contributed by atoms with Crippen molar-refractivity contribution in [2.45, 2.75) is 0 Å². The maximum atomic E-state index is 8.57. The van der Waals surface area contributed by atoms with Gasteiger partial charge in [0.25, 0.3) is 0 Å². The summed E-state index contributed by atoms with van der Waals surface area (Å²) in [6, 6.07) is 7.85. The highest BCUT2D eigenvalue weighted by molar-refractivity contribution is 5.59. The topological polar surface area (TPSA) is 23.5 Å². The number of aliphatic hydroxyl groups excluding tert-OH is 1. The van der Waals surface area contributed by atoms with E-state index in [9.17, 15) is 0 Å². The number of nitrogens with zero attached hydrogens (tertiary/aromatic N) is 1. The van der Waals surface area contributed by atoms with Gasteiger partial charge in [-0.2, -0.15) is 0 Å². The minimum absolute atomic E-state index is 0.0955. The molecule has 0 spiro atoms. The van der Waals surface area contributed by atoms with Crippen LogP contribution in [0.5, 0.6) is 0 Å². The van der Waals surface area contributed by atoms with Crippen molar-refractivity contribution in [1.82, 2.24) is 0 Å². The van der Waals surface area contributed by atoms with Crippen molar-refractivity contribution in [2.24, 2.45) is 0 Å². The Bertz CT molecular complexity index is 333. The van der Waals surface area contributed by atoms with Gasteiger partial charge in [0.1, 0.15) is 6.61 Å². The maximum absolute atomic E-state index is 8.57. The molecule has 1 rings (SSSR count). The first kappa shape index (κ1) is 9.63. The van der Waals surface area contributed by atoms with Crippen molar-refractivity contribution >= 4 is 5.69 Å². The second-order valence-corrected chi connectivity index (χ2v) is 2.87. The third-order valence-corrected chi connectivity index (χ3v) is 1.69. The van der Waals surface area contributed by atoms with Crippen LogP contribution in [0, 0.1) is 11.8 Å². The number of benzene rings is 1. The smallest absolute Gasteiger partial charge is 0.104 e. The number of para-hydroxylation sites is 1. The molecule has 13 heavy (non-hydrogen) atoms. The van der Waals surface area contributed by atoms with E-state index in [1.165, 1.54) is 0 Å².